The molecule has 94 valence electrons. The van der Waals surface area contributed by atoms with Gasteiger partial charge in [-0.25, -0.2) is 9.97 Å². The first kappa shape index (κ1) is 13.2. The van der Waals surface area contributed by atoms with Crippen molar-refractivity contribution in [2.24, 2.45) is 0 Å². The lowest BCUT2D eigenvalue weighted by Gasteiger charge is -2.13. The molecule has 0 bridgehead atoms. The minimum absolute atomic E-state index is 0.258. The lowest BCUT2D eigenvalue weighted by atomic mass is 10.3. The number of rotatable bonds is 5. The average molecular weight is 238 g/mol. The fourth-order valence-electron chi connectivity index (χ4n) is 1.29. The largest absolute Gasteiger partial charge is 0.480 e. The zero-order valence-electron chi connectivity index (χ0n) is 10.5. The van der Waals surface area contributed by atoms with Crippen LogP contribution in [0.5, 0.6) is 0 Å². The van der Waals surface area contributed by atoms with E-state index >= 15 is 0 Å². The summed E-state index contributed by atoms with van der Waals surface area (Å²) in [4.78, 5) is 19.1. The number of hydrogen-bond acceptors (Lipinski definition) is 5. The second-order valence-corrected chi connectivity index (χ2v) is 4.19. The van der Waals surface area contributed by atoms with Crippen molar-refractivity contribution in [3.63, 3.8) is 0 Å². The molecule has 0 fully saturated rings. The molecule has 0 aliphatic heterocycles. The maximum atomic E-state index is 10.7. The van der Waals surface area contributed by atoms with Crippen LogP contribution in [0, 0.1) is 6.92 Å². The predicted octanol–water partition coefficient (Wildman–Crippen LogP) is 1.49. The maximum absolute atomic E-state index is 10.7. The van der Waals surface area contributed by atoms with Gasteiger partial charge in [0, 0.05) is 12.1 Å². The second-order valence-electron chi connectivity index (χ2n) is 4.19. The Morgan fingerprint density at radius 3 is 2.24 bits per heavy atom. The van der Waals surface area contributed by atoms with Gasteiger partial charge in [0.15, 0.2) is 0 Å². The molecule has 0 amide bonds. The van der Waals surface area contributed by atoms with Gasteiger partial charge in [0.25, 0.3) is 0 Å². The number of aryl methyl sites for hydroxylation is 1. The van der Waals surface area contributed by atoms with Gasteiger partial charge >= 0.3 is 5.97 Å². The van der Waals surface area contributed by atoms with Gasteiger partial charge in [-0.2, -0.15) is 0 Å². The summed E-state index contributed by atoms with van der Waals surface area (Å²) in [6.07, 6.45) is 0. The molecule has 0 saturated heterocycles. The number of nitrogens with zero attached hydrogens (tertiary/aromatic N) is 2. The summed E-state index contributed by atoms with van der Waals surface area (Å²) in [5.74, 6) is 0.874. The van der Waals surface area contributed by atoms with E-state index in [-0.39, 0.29) is 6.04 Å². The first-order valence-electron chi connectivity index (χ1n) is 5.50. The Labute approximate surface area is 100 Å². The minimum atomic E-state index is -0.917. The number of nitrogens with one attached hydrogen (secondary N) is 2. The highest BCUT2D eigenvalue weighted by Gasteiger charge is 2.12. The zero-order chi connectivity index (χ0) is 13.0. The van der Waals surface area contributed by atoms with Gasteiger partial charge in [0.2, 0.25) is 0 Å². The molecule has 0 saturated carbocycles. The molecule has 0 spiro atoms. The monoisotopic (exact) mass is 238 g/mol. The highest BCUT2D eigenvalue weighted by atomic mass is 16.4. The van der Waals surface area contributed by atoms with Crippen molar-refractivity contribution in [1.29, 1.82) is 0 Å². The molecular formula is C11H18N4O2. The van der Waals surface area contributed by atoms with Crippen LogP contribution in [0.25, 0.3) is 0 Å². The number of carboxylic acids is 1. The van der Waals surface area contributed by atoms with Crippen LogP contribution < -0.4 is 10.6 Å². The number of hydrogen-bond donors (Lipinski definition) is 3. The Bertz CT molecular complexity index is 406. The molecule has 1 aromatic rings. The molecule has 0 aliphatic rings. The van der Waals surface area contributed by atoms with E-state index in [1.807, 2.05) is 13.8 Å². The molecule has 6 heteroatoms. The van der Waals surface area contributed by atoms with Crippen molar-refractivity contribution in [1.82, 2.24) is 9.97 Å². The normalized spacial score (nSPS) is 12.3. The van der Waals surface area contributed by atoms with Crippen molar-refractivity contribution in [3.05, 3.63) is 11.9 Å². The van der Waals surface area contributed by atoms with Crippen LogP contribution in [-0.2, 0) is 4.79 Å². The van der Waals surface area contributed by atoms with Gasteiger partial charge in [-0.15, -0.1) is 0 Å². The summed E-state index contributed by atoms with van der Waals surface area (Å²) in [6.45, 7) is 7.34. The molecule has 1 aromatic heterocycles. The van der Waals surface area contributed by atoms with E-state index in [1.54, 1.807) is 19.9 Å². The SMILES string of the molecule is Cc1nc(NC(C)C)cc(NC(C)C(=O)O)n1. The van der Waals surface area contributed by atoms with Gasteiger partial charge in [-0.1, -0.05) is 0 Å². The summed E-state index contributed by atoms with van der Waals surface area (Å²) in [5.41, 5.74) is 0. The third-order valence-electron chi connectivity index (χ3n) is 2.01. The van der Waals surface area contributed by atoms with E-state index in [4.69, 9.17) is 5.11 Å². The van der Waals surface area contributed by atoms with Crippen molar-refractivity contribution >= 4 is 17.6 Å². The van der Waals surface area contributed by atoms with Crippen LogP contribution in [0.4, 0.5) is 11.6 Å². The first-order chi connectivity index (χ1) is 7.88. The van der Waals surface area contributed by atoms with E-state index < -0.39 is 12.0 Å². The molecule has 3 N–H and O–H groups in total. The Kier molecular flexibility index (Phi) is 4.25. The summed E-state index contributed by atoms with van der Waals surface area (Å²) in [5, 5.41) is 14.8. The molecule has 1 heterocycles. The second kappa shape index (κ2) is 5.47. The van der Waals surface area contributed by atoms with E-state index in [2.05, 4.69) is 20.6 Å². The van der Waals surface area contributed by atoms with Gasteiger partial charge < -0.3 is 15.7 Å². The van der Waals surface area contributed by atoms with Crippen LogP contribution in [0.3, 0.4) is 0 Å². The highest BCUT2D eigenvalue weighted by molar-refractivity contribution is 5.76. The number of carboxylic acid groups (broad SMARTS) is 1. The number of anilines is 2. The quantitative estimate of drug-likeness (QED) is 0.720. The van der Waals surface area contributed by atoms with Crippen LogP contribution >= 0.6 is 0 Å². The highest BCUT2D eigenvalue weighted by Crippen LogP contribution is 2.12. The van der Waals surface area contributed by atoms with E-state index in [0.29, 0.717) is 17.5 Å². The van der Waals surface area contributed by atoms with Crippen LogP contribution in [0.1, 0.15) is 26.6 Å². The Hall–Kier alpha value is -1.85. The van der Waals surface area contributed by atoms with Crippen molar-refractivity contribution in [2.45, 2.75) is 39.8 Å². The average Bonchev–Trinajstić information content (AvgIpc) is 2.14. The van der Waals surface area contributed by atoms with E-state index in [9.17, 15) is 4.79 Å². The fraction of sp³-hybridized carbons (Fsp3) is 0.545. The molecule has 1 unspecified atom stereocenters. The third-order valence-corrected chi connectivity index (χ3v) is 2.01. The lowest BCUT2D eigenvalue weighted by Crippen LogP contribution is -2.26. The fourth-order valence-corrected chi connectivity index (χ4v) is 1.29. The van der Waals surface area contributed by atoms with Crippen LogP contribution in [-0.4, -0.2) is 33.1 Å². The summed E-state index contributed by atoms with van der Waals surface area (Å²) in [6, 6.07) is 1.28. The van der Waals surface area contributed by atoms with Crippen molar-refractivity contribution in [2.75, 3.05) is 10.6 Å². The standard InChI is InChI=1S/C11H18N4O2/c1-6(2)12-9-5-10(15-8(4)14-9)13-7(3)11(16)17/h5-7H,1-4H3,(H,16,17)(H2,12,13,14,15). The number of carbonyl (C=O) groups is 1. The van der Waals surface area contributed by atoms with Crippen LogP contribution in [0.2, 0.25) is 0 Å². The Morgan fingerprint density at radius 2 is 1.76 bits per heavy atom. The molecule has 0 radical (unpaired) electrons. The van der Waals surface area contributed by atoms with Crippen molar-refractivity contribution in [3.8, 4) is 0 Å². The van der Waals surface area contributed by atoms with Gasteiger partial charge in [-0.05, 0) is 27.7 Å². The molecule has 0 aliphatic carbocycles. The van der Waals surface area contributed by atoms with Crippen LogP contribution in [0.15, 0.2) is 6.07 Å². The molecule has 0 aromatic carbocycles. The number of aromatic nitrogens is 2. The third kappa shape index (κ3) is 4.26. The van der Waals surface area contributed by atoms with Gasteiger partial charge in [0.1, 0.15) is 23.5 Å². The minimum Gasteiger partial charge on any atom is -0.480 e. The molecule has 6 nitrogen and oxygen atoms in total. The topological polar surface area (TPSA) is 87.1 Å². The lowest BCUT2D eigenvalue weighted by molar-refractivity contribution is -0.137. The van der Waals surface area contributed by atoms with Gasteiger partial charge in [-0.3, -0.25) is 4.79 Å². The maximum Gasteiger partial charge on any atom is 0.325 e. The Morgan fingerprint density at radius 1 is 1.24 bits per heavy atom. The molecule has 17 heavy (non-hydrogen) atoms. The molecule has 1 rings (SSSR count). The molecular weight excluding hydrogens is 220 g/mol. The Balaban J connectivity index is 2.85. The summed E-state index contributed by atoms with van der Waals surface area (Å²) >= 11 is 0. The summed E-state index contributed by atoms with van der Waals surface area (Å²) < 4.78 is 0. The van der Waals surface area contributed by atoms with E-state index in [1.165, 1.54) is 0 Å². The predicted molar refractivity (Wildman–Crippen MR) is 66.2 cm³/mol. The first-order valence-corrected chi connectivity index (χ1v) is 5.50. The van der Waals surface area contributed by atoms with Crippen molar-refractivity contribution < 1.29 is 9.90 Å². The zero-order valence-corrected chi connectivity index (χ0v) is 10.5. The smallest absolute Gasteiger partial charge is 0.325 e. The number of aliphatic carboxylic acids is 1. The molecule has 1 atom stereocenters. The van der Waals surface area contributed by atoms with E-state index in [0.717, 1.165) is 0 Å². The van der Waals surface area contributed by atoms with Gasteiger partial charge in [0.05, 0.1) is 0 Å². The summed E-state index contributed by atoms with van der Waals surface area (Å²) in [7, 11) is 0.